The quantitative estimate of drug-likeness (QED) is 0.801. The zero-order chi connectivity index (χ0) is 15.1. The molecule has 0 unspecified atom stereocenters. The van der Waals surface area contributed by atoms with Crippen molar-refractivity contribution in [3.8, 4) is 0 Å². The van der Waals surface area contributed by atoms with E-state index in [1.807, 2.05) is 12.1 Å². The van der Waals surface area contributed by atoms with Gasteiger partial charge in [0.25, 0.3) is 0 Å². The summed E-state index contributed by atoms with van der Waals surface area (Å²) in [5.41, 5.74) is 2.10. The Morgan fingerprint density at radius 1 is 1.14 bits per heavy atom. The van der Waals surface area contributed by atoms with Gasteiger partial charge in [-0.2, -0.15) is 0 Å². The number of benzene rings is 1. The van der Waals surface area contributed by atoms with Crippen LogP contribution in [0.15, 0.2) is 36.5 Å². The van der Waals surface area contributed by atoms with Crippen molar-refractivity contribution in [1.82, 2.24) is 5.32 Å². The second-order valence-corrected chi connectivity index (χ2v) is 6.13. The Balaban J connectivity index is 1.77. The van der Waals surface area contributed by atoms with Crippen molar-refractivity contribution in [3.05, 3.63) is 42.1 Å². The van der Waals surface area contributed by atoms with E-state index >= 15 is 0 Å². The number of anilines is 1. The maximum Gasteiger partial charge on any atom is 0.323 e. The van der Waals surface area contributed by atoms with Crippen molar-refractivity contribution in [1.29, 1.82) is 0 Å². The molecule has 1 aliphatic rings. The van der Waals surface area contributed by atoms with Gasteiger partial charge >= 0.3 is 6.03 Å². The Bertz CT molecular complexity index is 470. The molecule has 0 bridgehead atoms. The highest BCUT2D eigenvalue weighted by Gasteiger charge is 2.09. The Hall–Kier alpha value is -1.77. The van der Waals surface area contributed by atoms with Crippen molar-refractivity contribution >= 4 is 11.7 Å². The van der Waals surface area contributed by atoms with E-state index in [9.17, 15) is 4.79 Å². The van der Waals surface area contributed by atoms with Crippen LogP contribution < -0.4 is 10.6 Å². The monoisotopic (exact) mass is 286 g/mol. The highest BCUT2D eigenvalue weighted by molar-refractivity contribution is 5.89. The lowest BCUT2D eigenvalue weighted by molar-refractivity contribution is 0.255. The molecule has 2 amide bonds. The Labute approximate surface area is 127 Å². The first-order valence-corrected chi connectivity index (χ1v) is 7.99. The summed E-state index contributed by atoms with van der Waals surface area (Å²) in [7, 11) is 0. The average molecular weight is 286 g/mol. The standard InChI is InChI=1S/C18H26N2O/c1-14(2)16-8-10-17(11-9-16)20-18(21)19-13-12-15-6-4-3-5-7-15/h8-15H,3-7H2,1-2H3,(H2,19,20,21)/b13-12+. The zero-order valence-corrected chi connectivity index (χ0v) is 13.1. The van der Waals surface area contributed by atoms with E-state index in [1.54, 1.807) is 6.20 Å². The van der Waals surface area contributed by atoms with Gasteiger partial charge in [-0.3, -0.25) is 0 Å². The molecule has 2 N–H and O–H groups in total. The molecular weight excluding hydrogens is 260 g/mol. The molecule has 1 fully saturated rings. The molecular formula is C18H26N2O. The van der Waals surface area contributed by atoms with Crippen molar-refractivity contribution in [2.45, 2.75) is 51.9 Å². The molecule has 0 radical (unpaired) electrons. The van der Waals surface area contributed by atoms with Crippen molar-refractivity contribution in [2.24, 2.45) is 5.92 Å². The fourth-order valence-corrected chi connectivity index (χ4v) is 2.71. The number of rotatable bonds is 4. The maximum absolute atomic E-state index is 11.8. The van der Waals surface area contributed by atoms with Crippen LogP contribution in [-0.4, -0.2) is 6.03 Å². The third-order valence-corrected chi connectivity index (χ3v) is 4.07. The van der Waals surface area contributed by atoms with Gasteiger partial charge < -0.3 is 10.6 Å². The predicted octanol–water partition coefficient (Wildman–Crippen LogP) is 5.03. The first kappa shape index (κ1) is 15.6. The third kappa shape index (κ3) is 5.25. The van der Waals surface area contributed by atoms with Crippen LogP contribution in [-0.2, 0) is 0 Å². The lowest BCUT2D eigenvalue weighted by Gasteiger charge is -2.17. The van der Waals surface area contributed by atoms with E-state index in [0.29, 0.717) is 11.8 Å². The van der Waals surface area contributed by atoms with Crippen molar-refractivity contribution in [3.63, 3.8) is 0 Å². The fourth-order valence-electron chi connectivity index (χ4n) is 2.71. The van der Waals surface area contributed by atoms with Gasteiger partial charge in [0.1, 0.15) is 0 Å². The molecule has 0 heterocycles. The average Bonchev–Trinajstić information content (AvgIpc) is 2.49. The number of allylic oxidation sites excluding steroid dienone is 1. The van der Waals surface area contributed by atoms with Gasteiger partial charge in [-0.15, -0.1) is 0 Å². The van der Waals surface area contributed by atoms with Crippen LogP contribution in [0.2, 0.25) is 0 Å². The summed E-state index contributed by atoms with van der Waals surface area (Å²) < 4.78 is 0. The number of hydrogen-bond acceptors (Lipinski definition) is 1. The van der Waals surface area contributed by atoms with E-state index in [2.05, 4.69) is 42.7 Å². The van der Waals surface area contributed by atoms with Gasteiger partial charge in [-0.1, -0.05) is 51.3 Å². The summed E-state index contributed by atoms with van der Waals surface area (Å²) in [6.45, 7) is 4.32. The van der Waals surface area contributed by atoms with Crippen LogP contribution in [0, 0.1) is 5.92 Å². The number of carbonyl (C=O) groups is 1. The Morgan fingerprint density at radius 3 is 2.43 bits per heavy atom. The molecule has 1 aromatic rings. The molecule has 0 saturated heterocycles. The third-order valence-electron chi connectivity index (χ3n) is 4.07. The van der Waals surface area contributed by atoms with Gasteiger partial charge in [-0.25, -0.2) is 4.79 Å². The highest BCUT2D eigenvalue weighted by Crippen LogP contribution is 2.24. The summed E-state index contributed by atoms with van der Waals surface area (Å²) in [4.78, 5) is 11.8. The molecule has 1 saturated carbocycles. The van der Waals surface area contributed by atoms with Crippen molar-refractivity contribution in [2.75, 3.05) is 5.32 Å². The molecule has 3 heteroatoms. The minimum Gasteiger partial charge on any atom is -0.315 e. The number of amides is 2. The zero-order valence-electron chi connectivity index (χ0n) is 13.1. The van der Waals surface area contributed by atoms with Crippen LogP contribution in [0.3, 0.4) is 0 Å². The minimum atomic E-state index is -0.181. The number of nitrogens with one attached hydrogen (secondary N) is 2. The van der Waals surface area contributed by atoms with Gasteiger partial charge in [0.15, 0.2) is 0 Å². The van der Waals surface area contributed by atoms with Gasteiger partial charge in [0, 0.05) is 11.9 Å². The van der Waals surface area contributed by atoms with Gasteiger partial charge in [0.05, 0.1) is 0 Å². The van der Waals surface area contributed by atoms with Crippen molar-refractivity contribution < 1.29 is 4.79 Å². The summed E-state index contributed by atoms with van der Waals surface area (Å²) in [6.07, 6.45) is 10.4. The van der Waals surface area contributed by atoms with E-state index in [1.165, 1.54) is 37.7 Å². The van der Waals surface area contributed by atoms with Gasteiger partial charge in [0.2, 0.25) is 0 Å². The molecule has 0 aliphatic heterocycles. The molecule has 21 heavy (non-hydrogen) atoms. The Kier molecular flexibility index (Phi) is 5.85. The highest BCUT2D eigenvalue weighted by atomic mass is 16.2. The largest absolute Gasteiger partial charge is 0.323 e. The fraction of sp³-hybridized carbons (Fsp3) is 0.500. The lowest BCUT2D eigenvalue weighted by atomic mass is 9.89. The van der Waals surface area contributed by atoms with E-state index in [0.717, 1.165) is 5.69 Å². The van der Waals surface area contributed by atoms with Crippen LogP contribution in [0.25, 0.3) is 0 Å². The second kappa shape index (κ2) is 7.87. The van der Waals surface area contributed by atoms with Gasteiger partial charge in [-0.05, 0) is 42.4 Å². The SMILES string of the molecule is CC(C)c1ccc(NC(=O)N/C=C/C2CCCCC2)cc1. The van der Waals surface area contributed by atoms with E-state index in [-0.39, 0.29) is 6.03 Å². The maximum atomic E-state index is 11.8. The molecule has 0 aromatic heterocycles. The first-order valence-electron chi connectivity index (χ1n) is 7.99. The summed E-state index contributed by atoms with van der Waals surface area (Å²) in [5.74, 6) is 1.13. The van der Waals surface area contributed by atoms with E-state index < -0.39 is 0 Å². The summed E-state index contributed by atoms with van der Waals surface area (Å²) in [6, 6.07) is 7.81. The molecule has 3 nitrogen and oxygen atoms in total. The Morgan fingerprint density at radius 2 is 1.81 bits per heavy atom. The predicted molar refractivity (Wildman–Crippen MR) is 88.4 cm³/mol. The van der Waals surface area contributed by atoms with Crippen LogP contribution in [0.5, 0.6) is 0 Å². The number of urea groups is 1. The first-order chi connectivity index (χ1) is 10.1. The summed E-state index contributed by atoms with van der Waals surface area (Å²) in [5, 5.41) is 5.63. The minimum absolute atomic E-state index is 0.181. The van der Waals surface area contributed by atoms with Crippen LogP contribution in [0.1, 0.15) is 57.4 Å². The molecule has 2 rings (SSSR count). The smallest absolute Gasteiger partial charge is 0.315 e. The normalized spacial score (nSPS) is 16.3. The second-order valence-electron chi connectivity index (χ2n) is 6.13. The lowest BCUT2D eigenvalue weighted by Crippen LogP contribution is -2.24. The topological polar surface area (TPSA) is 41.1 Å². The molecule has 0 spiro atoms. The van der Waals surface area contributed by atoms with Crippen LogP contribution >= 0.6 is 0 Å². The number of hydrogen-bond donors (Lipinski definition) is 2. The molecule has 0 atom stereocenters. The molecule has 1 aromatic carbocycles. The summed E-state index contributed by atoms with van der Waals surface area (Å²) >= 11 is 0. The van der Waals surface area contributed by atoms with Crippen LogP contribution in [0.4, 0.5) is 10.5 Å². The number of carbonyl (C=O) groups excluding carboxylic acids is 1. The molecule has 1 aliphatic carbocycles. The van der Waals surface area contributed by atoms with E-state index in [4.69, 9.17) is 0 Å². The molecule has 114 valence electrons.